The van der Waals surface area contributed by atoms with E-state index in [9.17, 15) is 28.3 Å². The van der Waals surface area contributed by atoms with Crippen LogP contribution in [-0.2, 0) is 11.4 Å². The number of halogens is 4. The molecule has 3 aromatic rings. The highest BCUT2D eigenvalue weighted by Crippen LogP contribution is 2.41. The summed E-state index contributed by atoms with van der Waals surface area (Å²) in [6.07, 6.45) is 0.730. The number of nitrogens with one attached hydrogen (secondary N) is 1. The fourth-order valence-corrected chi connectivity index (χ4v) is 6.23. The second-order valence-corrected chi connectivity index (χ2v) is 11.0. The molecule has 1 unspecified atom stereocenters. The number of amides is 1. The van der Waals surface area contributed by atoms with Gasteiger partial charge in [-0.15, -0.1) is 11.8 Å². The van der Waals surface area contributed by atoms with Crippen LogP contribution in [0.4, 0.5) is 17.6 Å². The largest absolute Gasteiger partial charge is 0.497 e. The number of likely N-dealkylation sites (tertiary alicyclic amines) is 1. The van der Waals surface area contributed by atoms with E-state index in [-0.39, 0.29) is 17.7 Å². The SMILES string of the molecule is COc1ccc2ncc(CO)c(C(F)CCC3(C(=O)NO)CCN(CCSc4cc(F)cc(F)c4F)CC3)c2c1. The molecule has 2 heterocycles. The summed E-state index contributed by atoms with van der Waals surface area (Å²) in [5, 5.41) is 19.8. The summed E-state index contributed by atoms with van der Waals surface area (Å²) in [6, 6.07) is 6.54. The molecule has 2 aromatic carbocycles. The number of alkyl halides is 1. The Balaban J connectivity index is 1.42. The van der Waals surface area contributed by atoms with E-state index in [1.165, 1.54) is 13.3 Å². The third-order valence-corrected chi connectivity index (χ3v) is 8.58. The van der Waals surface area contributed by atoms with Crippen LogP contribution in [0.25, 0.3) is 10.9 Å². The number of ether oxygens (including phenoxy) is 1. The molecule has 1 aromatic heterocycles. The molecular weight excluding hydrogens is 550 g/mol. The smallest absolute Gasteiger partial charge is 0.249 e. The molecule has 0 radical (unpaired) electrons. The summed E-state index contributed by atoms with van der Waals surface area (Å²) in [5.41, 5.74) is 1.91. The van der Waals surface area contributed by atoms with Crippen LogP contribution in [0.3, 0.4) is 0 Å². The first-order chi connectivity index (χ1) is 19.2. The number of benzene rings is 2. The summed E-state index contributed by atoms with van der Waals surface area (Å²) >= 11 is 0.998. The molecule has 0 aliphatic carbocycles. The average Bonchev–Trinajstić information content (AvgIpc) is 2.97. The molecule has 3 N–H and O–H groups in total. The van der Waals surface area contributed by atoms with Crippen molar-refractivity contribution in [2.24, 2.45) is 5.41 Å². The van der Waals surface area contributed by atoms with Gasteiger partial charge in [0.25, 0.3) is 0 Å². The van der Waals surface area contributed by atoms with Gasteiger partial charge in [-0.25, -0.2) is 23.0 Å². The number of hydroxylamine groups is 1. The predicted molar refractivity (Wildman–Crippen MR) is 142 cm³/mol. The number of hydrogen-bond donors (Lipinski definition) is 3. The number of aliphatic hydroxyl groups is 1. The molecule has 1 amide bonds. The Bertz CT molecular complexity index is 1350. The number of methoxy groups -OCH3 is 1. The maximum Gasteiger partial charge on any atom is 0.249 e. The Morgan fingerprint density at radius 2 is 1.98 bits per heavy atom. The molecule has 1 aliphatic heterocycles. The van der Waals surface area contributed by atoms with E-state index in [1.807, 2.05) is 4.90 Å². The van der Waals surface area contributed by atoms with Gasteiger partial charge >= 0.3 is 0 Å². The van der Waals surface area contributed by atoms with Gasteiger partial charge < -0.3 is 14.7 Å². The standard InChI is InChI=1S/C28H31F4N3O4S/c1-39-19-2-3-23-20(14-19)25(17(16-36)15-33-23)21(30)4-5-28(27(37)34-38)6-8-35(9-7-28)10-11-40-24-13-18(29)12-22(31)26(24)32/h2-3,12-15,21,36,38H,4-11,16H2,1H3,(H,34,37). The van der Waals surface area contributed by atoms with Crippen LogP contribution in [0.2, 0.25) is 0 Å². The number of carbonyl (C=O) groups is 1. The number of aromatic nitrogens is 1. The molecule has 0 saturated carbocycles. The molecule has 40 heavy (non-hydrogen) atoms. The van der Waals surface area contributed by atoms with Gasteiger partial charge in [0.1, 0.15) is 17.7 Å². The fourth-order valence-electron chi connectivity index (χ4n) is 5.24. The Morgan fingerprint density at radius 3 is 2.65 bits per heavy atom. The zero-order valence-electron chi connectivity index (χ0n) is 21.9. The Hall–Kier alpha value is -2.93. The second kappa shape index (κ2) is 13.2. The number of pyridine rings is 1. The minimum atomic E-state index is -1.51. The lowest BCUT2D eigenvalue weighted by atomic mass is 9.73. The van der Waals surface area contributed by atoms with Crippen molar-refractivity contribution in [3.8, 4) is 5.75 Å². The van der Waals surface area contributed by atoms with Crippen LogP contribution in [0, 0.1) is 22.9 Å². The van der Waals surface area contributed by atoms with Gasteiger partial charge in [-0.2, -0.15) is 0 Å². The van der Waals surface area contributed by atoms with Crippen molar-refractivity contribution in [1.29, 1.82) is 0 Å². The van der Waals surface area contributed by atoms with Crippen LogP contribution in [0.5, 0.6) is 5.75 Å². The van der Waals surface area contributed by atoms with E-state index >= 15 is 4.39 Å². The summed E-state index contributed by atoms with van der Waals surface area (Å²) in [7, 11) is 1.50. The number of nitrogens with zero attached hydrogens (tertiary/aromatic N) is 2. The highest BCUT2D eigenvalue weighted by atomic mass is 32.2. The summed E-state index contributed by atoms with van der Waals surface area (Å²) in [4.78, 5) is 19.0. The highest BCUT2D eigenvalue weighted by Gasteiger charge is 2.41. The van der Waals surface area contributed by atoms with Crippen molar-refractivity contribution >= 4 is 28.6 Å². The number of thioether (sulfide) groups is 1. The molecule has 216 valence electrons. The summed E-state index contributed by atoms with van der Waals surface area (Å²) < 4.78 is 62.0. The Kier molecular flexibility index (Phi) is 9.88. The zero-order valence-corrected chi connectivity index (χ0v) is 22.7. The van der Waals surface area contributed by atoms with Gasteiger partial charge in [-0.05, 0) is 63.0 Å². The number of fused-ring (bicyclic) bond motifs is 1. The van der Waals surface area contributed by atoms with E-state index in [0.717, 1.165) is 17.8 Å². The third kappa shape index (κ3) is 6.51. The van der Waals surface area contributed by atoms with Gasteiger partial charge in [0, 0.05) is 46.0 Å². The normalized spacial score (nSPS) is 16.2. The number of piperidine rings is 1. The molecule has 7 nitrogen and oxygen atoms in total. The number of rotatable bonds is 11. The second-order valence-electron chi connectivity index (χ2n) is 9.86. The minimum Gasteiger partial charge on any atom is -0.497 e. The Labute approximate surface area is 233 Å². The first-order valence-electron chi connectivity index (χ1n) is 12.9. The van der Waals surface area contributed by atoms with Crippen LogP contribution in [0.1, 0.15) is 43.0 Å². The lowest BCUT2D eigenvalue weighted by Crippen LogP contribution is -2.48. The van der Waals surface area contributed by atoms with Gasteiger partial charge in [0.05, 0.1) is 24.6 Å². The van der Waals surface area contributed by atoms with E-state index < -0.39 is 41.6 Å². The fraction of sp³-hybridized carbons (Fsp3) is 0.429. The summed E-state index contributed by atoms with van der Waals surface area (Å²) in [5.74, 6) is -2.88. The van der Waals surface area contributed by atoms with Crippen molar-refractivity contribution in [3.63, 3.8) is 0 Å². The average molecular weight is 582 g/mol. The first kappa shape index (κ1) is 30.0. The maximum atomic E-state index is 15.9. The molecular formula is C28H31F4N3O4S. The maximum absolute atomic E-state index is 15.9. The molecule has 0 bridgehead atoms. The number of aliphatic hydroxyl groups excluding tert-OH is 1. The quantitative estimate of drug-likeness (QED) is 0.0928. The van der Waals surface area contributed by atoms with Crippen molar-refractivity contribution in [1.82, 2.24) is 15.4 Å². The zero-order chi connectivity index (χ0) is 28.9. The third-order valence-electron chi connectivity index (χ3n) is 7.58. The van der Waals surface area contributed by atoms with Crippen LogP contribution < -0.4 is 10.2 Å². The molecule has 1 atom stereocenters. The van der Waals surface area contributed by atoms with E-state index in [4.69, 9.17) is 4.74 Å². The number of hydrogen-bond acceptors (Lipinski definition) is 7. The molecule has 1 saturated heterocycles. The van der Waals surface area contributed by atoms with Gasteiger partial charge in [-0.1, -0.05) is 0 Å². The van der Waals surface area contributed by atoms with Crippen molar-refractivity contribution in [2.75, 3.05) is 32.5 Å². The van der Waals surface area contributed by atoms with E-state index in [1.54, 1.807) is 23.7 Å². The van der Waals surface area contributed by atoms with E-state index in [2.05, 4.69) is 4.98 Å². The van der Waals surface area contributed by atoms with Crippen molar-refractivity contribution < 1.29 is 37.4 Å². The van der Waals surface area contributed by atoms with Gasteiger partial charge in [0.15, 0.2) is 11.6 Å². The molecule has 1 aliphatic rings. The van der Waals surface area contributed by atoms with Crippen LogP contribution in [0.15, 0.2) is 41.4 Å². The lowest BCUT2D eigenvalue weighted by molar-refractivity contribution is -0.143. The molecule has 4 rings (SSSR count). The first-order valence-corrected chi connectivity index (χ1v) is 13.8. The van der Waals surface area contributed by atoms with Gasteiger partial charge in [-0.3, -0.25) is 15.0 Å². The molecule has 1 fully saturated rings. The molecule has 12 heteroatoms. The number of carbonyl (C=O) groups excluding carboxylic acids is 1. The Morgan fingerprint density at radius 1 is 1.23 bits per heavy atom. The predicted octanol–water partition coefficient (Wildman–Crippen LogP) is 5.32. The van der Waals surface area contributed by atoms with Crippen molar-refractivity contribution in [2.45, 2.75) is 43.4 Å². The lowest BCUT2D eigenvalue weighted by Gasteiger charge is -2.40. The van der Waals surface area contributed by atoms with Crippen molar-refractivity contribution in [3.05, 3.63) is 65.1 Å². The van der Waals surface area contributed by atoms with Gasteiger partial charge in [0.2, 0.25) is 5.91 Å². The topological polar surface area (TPSA) is 94.9 Å². The monoisotopic (exact) mass is 581 g/mol. The highest BCUT2D eigenvalue weighted by molar-refractivity contribution is 7.99. The van der Waals surface area contributed by atoms with Crippen LogP contribution in [-0.4, -0.2) is 58.6 Å². The van der Waals surface area contributed by atoms with Crippen LogP contribution >= 0.6 is 11.8 Å². The van der Waals surface area contributed by atoms with E-state index in [0.29, 0.717) is 72.1 Å². The summed E-state index contributed by atoms with van der Waals surface area (Å²) in [6.45, 7) is 0.997. The molecule has 0 spiro atoms. The minimum absolute atomic E-state index is 0.0307.